The number of hydrogen-bond acceptors (Lipinski definition) is 3. The van der Waals surface area contributed by atoms with Gasteiger partial charge in [0.05, 0.1) is 11.4 Å². The second-order valence-electron chi connectivity index (χ2n) is 2.83. The third kappa shape index (κ3) is 4.47. The highest BCUT2D eigenvalue weighted by Crippen LogP contribution is 2.18. The van der Waals surface area contributed by atoms with E-state index in [4.69, 9.17) is 16.9 Å². The van der Waals surface area contributed by atoms with Crippen molar-refractivity contribution < 1.29 is 4.39 Å². The Morgan fingerprint density at radius 3 is 2.69 bits per heavy atom. The maximum absolute atomic E-state index is 12.6. The lowest BCUT2D eigenvalue weighted by Gasteiger charge is -1.97. The highest BCUT2D eigenvalue weighted by Gasteiger charge is 1.99. The second-order valence-corrected chi connectivity index (χ2v) is 4.50. The molecule has 0 aliphatic heterocycles. The average molecular weight is 255 g/mol. The van der Waals surface area contributed by atoms with Crippen LogP contribution < -0.4 is 0 Å². The first-order valence-corrected chi connectivity index (χ1v) is 5.52. The summed E-state index contributed by atoms with van der Waals surface area (Å²) >= 11 is 6.77. The highest BCUT2D eigenvalue weighted by molar-refractivity contribution is 8.20. The smallest absolute Gasteiger partial charge is 0.163 e. The molecule has 82 valence electrons. The molecule has 0 saturated carbocycles. The van der Waals surface area contributed by atoms with E-state index in [-0.39, 0.29) is 15.2 Å². The number of nitrogens with zero attached hydrogens (tertiary/aromatic N) is 2. The van der Waals surface area contributed by atoms with Crippen LogP contribution in [-0.4, -0.2) is 4.50 Å². The number of hydrogen-bond donors (Lipinski definition) is 0. The molecule has 16 heavy (non-hydrogen) atoms. The van der Waals surface area contributed by atoms with Gasteiger partial charge in [0.2, 0.25) is 0 Å². The van der Waals surface area contributed by atoms with Crippen LogP contribution in [0.4, 0.5) is 4.39 Å². The minimum absolute atomic E-state index is 0.246. The molecule has 5 heteroatoms. The molecular weight excluding hydrogens is 247 g/mol. The van der Waals surface area contributed by atoms with Crippen LogP contribution >= 0.6 is 23.4 Å². The molecule has 1 aromatic carbocycles. The number of nitriles is 1. The van der Waals surface area contributed by atoms with Crippen molar-refractivity contribution in [2.45, 2.75) is 6.54 Å². The summed E-state index contributed by atoms with van der Waals surface area (Å²) in [6, 6.07) is 7.84. The molecule has 0 aromatic heterocycles. The monoisotopic (exact) mass is 254 g/mol. The molecule has 1 aromatic rings. The second kappa shape index (κ2) is 6.31. The summed E-state index contributed by atoms with van der Waals surface area (Å²) in [5.74, 6) is -0.286. The van der Waals surface area contributed by atoms with Gasteiger partial charge in [0, 0.05) is 0 Å². The van der Waals surface area contributed by atoms with Gasteiger partial charge in [0.25, 0.3) is 0 Å². The molecule has 0 aliphatic carbocycles. The third-order valence-electron chi connectivity index (χ3n) is 1.63. The molecule has 2 nitrogen and oxygen atoms in total. The van der Waals surface area contributed by atoms with Crippen LogP contribution in [-0.2, 0) is 6.54 Å². The molecule has 0 heterocycles. The van der Waals surface area contributed by atoms with Crippen molar-refractivity contribution in [3.05, 3.63) is 47.1 Å². The van der Waals surface area contributed by atoms with Crippen LogP contribution in [0.1, 0.15) is 5.56 Å². The maximum Gasteiger partial charge on any atom is 0.163 e. The normalized spacial score (nSPS) is 10.9. The van der Waals surface area contributed by atoms with Gasteiger partial charge in [0.15, 0.2) is 4.50 Å². The van der Waals surface area contributed by atoms with Crippen molar-refractivity contribution >= 4 is 27.9 Å². The Balaban J connectivity index is 2.56. The summed E-state index contributed by atoms with van der Waals surface area (Å²) in [7, 11) is 0. The van der Waals surface area contributed by atoms with Crippen LogP contribution in [0.5, 0.6) is 0 Å². The average Bonchev–Trinajstić information content (AvgIpc) is 2.28. The summed E-state index contributed by atoms with van der Waals surface area (Å²) in [5, 5.41) is 8.47. The minimum Gasteiger partial charge on any atom is -0.262 e. The van der Waals surface area contributed by atoms with Gasteiger partial charge < -0.3 is 0 Å². The van der Waals surface area contributed by atoms with Gasteiger partial charge in [-0.2, -0.15) is 5.26 Å². The minimum atomic E-state index is -0.286. The van der Waals surface area contributed by atoms with Crippen LogP contribution in [0.2, 0.25) is 0 Å². The zero-order valence-corrected chi connectivity index (χ0v) is 9.85. The zero-order chi connectivity index (χ0) is 12.0. The number of rotatable bonds is 3. The highest BCUT2D eigenvalue weighted by atomic mass is 35.5. The predicted molar refractivity (Wildman–Crippen MR) is 65.7 cm³/mol. The summed E-state index contributed by atoms with van der Waals surface area (Å²) in [6.07, 6.45) is 0. The first-order chi connectivity index (χ1) is 7.61. The number of thioether (sulfide) groups is 1. The molecule has 0 saturated heterocycles. The first-order valence-electron chi connectivity index (χ1n) is 4.33. The number of benzene rings is 1. The van der Waals surface area contributed by atoms with E-state index in [0.717, 1.165) is 17.3 Å². The summed E-state index contributed by atoms with van der Waals surface area (Å²) in [5.41, 5.74) is 0.850. The number of aliphatic imine (C=N–C) groups is 1. The molecule has 0 atom stereocenters. The van der Waals surface area contributed by atoms with Crippen LogP contribution in [0, 0.1) is 17.1 Å². The van der Waals surface area contributed by atoms with Gasteiger partial charge >= 0.3 is 0 Å². The summed E-state index contributed by atoms with van der Waals surface area (Å²) in [4.78, 5) is 4.31. The lowest BCUT2D eigenvalue weighted by molar-refractivity contribution is 0.627. The lowest BCUT2D eigenvalue weighted by atomic mass is 10.2. The fourth-order valence-corrected chi connectivity index (χ4v) is 1.62. The topological polar surface area (TPSA) is 36.1 Å². The predicted octanol–water partition coefficient (Wildman–Crippen LogP) is 3.69. The Bertz CT molecular complexity index is 448. The van der Waals surface area contributed by atoms with Crippen molar-refractivity contribution in [1.82, 2.24) is 0 Å². The van der Waals surface area contributed by atoms with Crippen molar-refractivity contribution in [2.24, 2.45) is 4.99 Å². The molecular formula is C11H8ClFN2S. The van der Waals surface area contributed by atoms with E-state index in [9.17, 15) is 4.39 Å². The van der Waals surface area contributed by atoms with E-state index in [0.29, 0.717) is 6.54 Å². The van der Waals surface area contributed by atoms with E-state index in [1.54, 1.807) is 12.1 Å². The number of halogens is 2. The van der Waals surface area contributed by atoms with E-state index in [1.165, 1.54) is 12.1 Å². The first kappa shape index (κ1) is 12.8. The molecule has 0 unspecified atom stereocenters. The van der Waals surface area contributed by atoms with Gasteiger partial charge in [-0.1, -0.05) is 30.3 Å². The Kier molecular flexibility index (Phi) is 5.03. The van der Waals surface area contributed by atoms with E-state index < -0.39 is 0 Å². The zero-order valence-electron chi connectivity index (χ0n) is 8.28. The van der Waals surface area contributed by atoms with E-state index >= 15 is 0 Å². The lowest BCUT2D eigenvalue weighted by Crippen LogP contribution is -1.86. The van der Waals surface area contributed by atoms with Crippen molar-refractivity contribution in [3.8, 4) is 6.07 Å². The van der Waals surface area contributed by atoms with Crippen LogP contribution in [0.3, 0.4) is 0 Å². The summed E-state index contributed by atoms with van der Waals surface area (Å²) < 4.78 is 12.8. The Hall–Kier alpha value is -1.31. The molecule has 0 N–H and O–H groups in total. The molecule has 0 fully saturated rings. The molecule has 1 rings (SSSR count). The Morgan fingerprint density at radius 1 is 1.50 bits per heavy atom. The summed E-state index contributed by atoms with van der Waals surface area (Å²) in [6.45, 7) is 3.82. The molecule has 0 aliphatic rings. The molecule has 0 bridgehead atoms. The Morgan fingerprint density at radius 2 is 2.12 bits per heavy atom. The van der Waals surface area contributed by atoms with Gasteiger partial charge in [-0.05, 0) is 29.5 Å². The molecule has 0 radical (unpaired) electrons. The van der Waals surface area contributed by atoms with Gasteiger partial charge in [0.1, 0.15) is 11.9 Å². The van der Waals surface area contributed by atoms with Crippen molar-refractivity contribution in [3.63, 3.8) is 0 Å². The largest absolute Gasteiger partial charge is 0.262 e. The SMILES string of the molecule is C=C(C#N)SC(Cl)=NCc1ccc(F)cc1. The Labute approximate surface area is 102 Å². The van der Waals surface area contributed by atoms with Crippen LogP contribution in [0.25, 0.3) is 0 Å². The van der Waals surface area contributed by atoms with Gasteiger partial charge in [-0.15, -0.1) is 0 Å². The maximum atomic E-state index is 12.6. The number of allylic oxidation sites excluding steroid dienone is 1. The van der Waals surface area contributed by atoms with Gasteiger partial charge in [-0.3, -0.25) is 4.99 Å². The van der Waals surface area contributed by atoms with Gasteiger partial charge in [-0.25, -0.2) is 4.39 Å². The van der Waals surface area contributed by atoms with Crippen molar-refractivity contribution in [2.75, 3.05) is 0 Å². The standard InChI is InChI=1S/C11H8ClFN2S/c1-8(6-14)16-11(12)15-7-9-2-4-10(13)5-3-9/h2-5H,1,7H2. The molecule has 0 amide bonds. The van der Waals surface area contributed by atoms with Crippen LogP contribution in [0.15, 0.2) is 40.7 Å². The van der Waals surface area contributed by atoms with Crippen molar-refractivity contribution in [1.29, 1.82) is 5.26 Å². The fourth-order valence-electron chi connectivity index (χ4n) is 0.900. The third-order valence-corrected chi connectivity index (χ3v) is 2.62. The van der Waals surface area contributed by atoms with E-state index in [1.807, 2.05) is 6.07 Å². The quantitative estimate of drug-likeness (QED) is 0.469. The van der Waals surface area contributed by atoms with E-state index in [2.05, 4.69) is 11.6 Å². The fraction of sp³-hybridized carbons (Fsp3) is 0.0909. The molecule has 0 spiro atoms.